The van der Waals surface area contributed by atoms with Gasteiger partial charge in [-0.2, -0.15) is 16.1 Å². The summed E-state index contributed by atoms with van der Waals surface area (Å²) in [6.07, 6.45) is 1.50. The van der Waals surface area contributed by atoms with E-state index < -0.39 is 10.0 Å². The number of carbonyl (C=O) groups excluding carboxylic acids is 1. The second-order valence-corrected chi connectivity index (χ2v) is 8.88. The predicted molar refractivity (Wildman–Crippen MR) is 77.1 cm³/mol. The molecule has 4 rings (SSSR count). The molecule has 0 aromatic carbocycles. The van der Waals surface area contributed by atoms with E-state index in [0.717, 1.165) is 35.6 Å². The van der Waals surface area contributed by atoms with E-state index in [2.05, 4.69) is 10.5 Å². The molecule has 9 heteroatoms. The summed E-state index contributed by atoms with van der Waals surface area (Å²) in [6.45, 7) is 0.547. The Labute approximate surface area is 126 Å². The summed E-state index contributed by atoms with van der Waals surface area (Å²) in [5, 5.41) is 6.45. The van der Waals surface area contributed by atoms with Gasteiger partial charge in [0.1, 0.15) is 0 Å². The summed E-state index contributed by atoms with van der Waals surface area (Å²) in [5.41, 5.74) is 1.84. The molecule has 0 atom stereocenters. The lowest BCUT2D eigenvalue weighted by Crippen LogP contribution is -2.55. The Bertz CT molecular complexity index is 689. The van der Waals surface area contributed by atoms with Crippen LogP contribution < -0.4 is 5.32 Å². The molecule has 1 saturated carbocycles. The fourth-order valence-corrected chi connectivity index (χ4v) is 5.51. The highest BCUT2D eigenvalue weighted by Gasteiger charge is 2.47. The van der Waals surface area contributed by atoms with Gasteiger partial charge >= 0.3 is 0 Å². The predicted octanol–water partition coefficient (Wildman–Crippen LogP) is 0.784. The Morgan fingerprint density at radius 3 is 2.81 bits per heavy atom. The highest BCUT2D eigenvalue weighted by Crippen LogP contribution is 2.36. The second-order valence-electron chi connectivity index (χ2n) is 5.68. The molecule has 2 fully saturated rings. The first-order chi connectivity index (χ1) is 10.1. The van der Waals surface area contributed by atoms with E-state index in [9.17, 15) is 13.2 Å². The van der Waals surface area contributed by atoms with Crippen molar-refractivity contribution in [1.29, 1.82) is 0 Å². The summed E-state index contributed by atoms with van der Waals surface area (Å²) >= 11 is 1.73. The maximum Gasteiger partial charge on any atom is 0.235 e. The van der Waals surface area contributed by atoms with E-state index in [1.54, 1.807) is 11.8 Å². The van der Waals surface area contributed by atoms with E-state index >= 15 is 0 Å². The zero-order valence-electron chi connectivity index (χ0n) is 11.2. The maximum atomic E-state index is 12.1. The molecule has 2 aliphatic heterocycles. The molecule has 1 amide bonds. The van der Waals surface area contributed by atoms with Gasteiger partial charge in [-0.15, -0.1) is 0 Å². The lowest BCUT2D eigenvalue weighted by Gasteiger charge is -2.36. The molecule has 7 nitrogen and oxygen atoms in total. The first-order valence-corrected chi connectivity index (χ1v) is 9.56. The number of amides is 1. The van der Waals surface area contributed by atoms with Gasteiger partial charge in [-0.1, -0.05) is 5.16 Å². The Kier molecular flexibility index (Phi) is 3.05. The van der Waals surface area contributed by atoms with Crippen LogP contribution >= 0.6 is 11.8 Å². The number of hydrogen-bond donors (Lipinski definition) is 1. The Hall–Kier alpha value is -1.06. The number of anilines is 1. The number of nitrogens with zero attached hydrogens (tertiary/aromatic N) is 2. The zero-order valence-corrected chi connectivity index (χ0v) is 12.9. The minimum Gasteiger partial charge on any atom is -0.338 e. The normalized spacial score (nSPS) is 22.9. The first-order valence-electron chi connectivity index (χ1n) is 6.90. The van der Waals surface area contributed by atoms with E-state index in [4.69, 9.17) is 4.52 Å². The first kappa shape index (κ1) is 13.6. The molecule has 1 aromatic heterocycles. The Morgan fingerprint density at radius 2 is 2.10 bits per heavy atom. The fourth-order valence-electron chi connectivity index (χ4n) is 2.55. The third kappa shape index (κ3) is 2.27. The second kappa shape index (κ2) is 4.72. The van der Waals surface area contributed by atoms with Crippen molar-refractivity contribution in [2.75, 3.05) is 18.4 Å². The molecule has 114 valence electrons. The van der Waals surface area contributed by atoms with Crippen LogP contribution in [0.25, 0.3) is 0 Å². The van der Waals surface area contributed by atoms with Gasteiger partial charge in [-0.05, 0) is 12.8 Å². The standard InChI is InChI=1S/C12H15N3O4S2/c16-11(13-12-9-5-20-6-10(9)14-19-12)7-3-15(4-7)21(17,18)8-1-2-8/h7-8H,1-6H2,(H,13,16). The topological polar surface area (TPSA) is 92.5 Å². The van der Waals surface area contributed by atoms with Crippen LogP contribution in [-0.4, -0.2) is 42.1 Å². The van der Waals surface area contributed by atoms with Crippen molar-refractivity contribution < 1.29 is 17.7 Å². The van der Waals surface area contributed by atoms with E-state index in [1.165, 1.54) is 4.31 Å². The van der Waals surface area contributed by atoms with Crippen molar-refractivity contribution in [2.24, 2.45) is 5.92 Å². The fraction of sp³-hybridized carbons (Fsp3) is 0.667. The number of carbonyl (C=O) groups is 1. The summed E-state index contributed by atoms with van der Waals surface area (Å²) in [4.78, 5) is 12.1. The molecule has 3 heterocycles. The van der Waals surface area contributed by atoms with Crippen LogP contribution in [0.4, 0.5) is 5.88 Å². The van der Waals surface area contributed by atoms with Crippen LogP contribution in [0, 0.1) is 5.92 Å². The van der Waals surface area contributed by atoms with Crippen molar-refractivity contribution in [2.45, 2.75) is 29.6 Å². The minimum absolute atomic E-state index is 0.187. The highest BCUT2D eigenvalue weighted by molar-refractivity contribution is 7.98. The SMILES string of the molecule is O=C(Nc1onc2c1CSC2)C1CN(S(=O)(=O)C2CC2)C1. The third-order valence-corrected chi connectivity index (χ3v) is 7.42. The number of sulfonamides is 1. The van der Waals surface area contributed by atoms with Gasteiger partial charge in [-0.25, -0.2) is 8.42 Å². The lowest BCUT2D eigenvalue weighted by atomic mass is 10.0. The Balaban J connectivity index is 1.37. The third-order valence-electron chi connectivity index (χ3n) is 4.12. The van der Waals surface area contributed by atoms with Gasteiger partial charge < -0.3 is 4.52 Å². The van der Waals surface area contributed by atoms with E-state index in [0.29, 0.717) is 5.88 Å². The number of nitrogens with one attached hydrogen (secondary N) is 1. The molecule has 0 bridgehead atoms. The van der Waals surface area contributed by atoms with Gasteiger partial charge in [0.15, 0.2) is 0 Å². The Morgan fingerprint density at radius 1 is 1.33 bits per heavy atom. The monoisotopic (exact) mass is 329 g/mol. The molecule has 0 unspecified atom stereocenters. The number of aromatic nitrogens is 1. The van der Waals surface area contributed by atoms with Crippen molar-refractivity contribution in [3.63, 3.8) is 0 Å². The van der Waals surface area contributed by atoms with Crippen LogP contribution in [0.3, 0.4) is 0 Å². The van der Waals surface area contributed by atoms with Gasteiger partial charge in [-0.3, -0.25) is 10.1 Å². The van der Waals surface area contributed by atoms with Gasteiger partial charge in [0.05, 0.1) is 22.4 Å². The largest absolute Gasteiger partial charge is 0.338 e. The number of hydrogen-bond acceptors (Lipinski definition) is 6. The highest BCUT2D eigenvalue weighted by atomic mass is 32.2. The molecule has 1 N–H and O–H groups in total. The average Bonchev–Trinajstić information content (AvgIpc) is 3.02. The van der Waals surface area contributed by atoms with E-state index in [1.807, 2.05) is 0 Å². The average molecular weight is 329 g/mol. The smallest absolute Gasteiger partial charge is 0.235 e. The lowest BCUT2D eigenvalue weighted by molar-refractivity contribution is -0.123. The van der Waals surface area contributed by atoms with Gasteiger partial charge in [0.2, 0.25) is 21.8 Å². The van der Waals surface area contributed by atoms with Crippen molar-refractivity contribution in [3.05, 3.63) is 11.3 Å². The van der Waals surface area contributed by atoms with Crippen LogP contribution in [0.15, 0.2) is 4.52 Å². The van der Waals surface area contributed by atoms with Crippen LogP contribution in [-0.2, 0) is 26.3 Å². The molecule has 1 saturated heterocycles. The molecule has 0 radical (unpaired) electrons. The van der Waals surface area contributed by atoms with Gasteiger partial charge in [0, 0.05) is 24.6 Å². The molecule has 1 aromatic rings. The van der Waals surface area contributed by atoms with Crippen LogP contribution in [0.2, 0.25) is 0 Å². The molecule has 0 spiro atoms. The molecule has 3 aliphatic rings. The van der Waals surface area contributed by atoms with Crippen LogP contribution in [0.1, 0.15) is 24.1 Å². The van der Waals surface area contributed by atoms with Crippen LogP contribution in [0.5, 0.6) is 0 Å². The summed E-state index contributed by atoms with van der Waals surface area (Å²) in [7, 11) is -3.15. The number of rotatable bonds is 4. The number of thioether (sulfide) groups is 1. The summed E-state index contributed by atoms with van der Waals surface area (Å²) in [5.74, 6) is 1.54. The summed E-state index contributed by atoms with van der Waals surface area (Å²) in [6, 6.07) is 0. The zero-order chi connectivity index (χ0) is 14.6. The van der Waals surface area contributed by atoms with E-state index in [-0.39, 0.29) is 30.2 Å². The van der Waals surface area contributed by atoms with Crippen molar-refractivity contribution in [1.82, 2.24) is 9.46 Å². The summed E-state index contributed by atoms with van der Waals surface area (Å²) < 4.78 is 30.5. The van der Waals surface area contributed by atoms with Gasteiger partial charge in [0.25, 0.3) is 0 Å². The van der Waals surface area contributed by atoms with Crippen molar-refractivity contribution in [3.8, 4) is 0 Å². The molecule has 1 aliphatic carbocycles. The maximum absolute atomic E-state index is 12.1. The van der Waals surface area contributed by atoms with Crippen molar-refractivity contribution >= 4 is 33.6 Å². The molecular formula is C12H15N3O4S2. The molecule has 21 heavy (non-hydrogen) atoms. The molecular weight excluding hydrogens is 314 g/mol. The quantitative estimate of drug-likeness (QED) is 0.878. The number of fused-ring (bicyclic) bond motifs is 1. The minimum atomic E-state index is -3.15.